The molecule has 126 valence electrons. The number of rotatable bonds is 0. The largest absolute Gasteiger partial charge is 2.00 e. The summed E-state index contributed by atoms with van der Waals surface area (Å²) >= 11 is 0. The van der Waals surface area contributed by atoms with Crippen molar-refractivity contribution in [2.75, 3.05) is 0 Å². The minimum Gasteiger partial charge on any atom is -0.355 e. The third kappa shape index (κ3) is 3.74. The van der Waals surface area contributed by atoms with E-state index in [1.54, 1.807) is 0 Å². The van der Waals surface area contributed by atoms with Crippen molar-refractivity contribution in [3.63, 3.8) is 0 Å². The Hall–Kier alpha value is -2.36. The van der Waals surface area contributed by atoms with Crippen molar-refractivity contribution in [2.45, 2.75) is 0 Å². The standard InChI is InChI=1S/C20H14N4.2Fe/c1-2-14-10-16-5-6-18(23-16)12-20-8-7-19(24-20)11-17-4-3-15(22-17)9-13(1)21-14;;/h1-12,21-22H;;/q;2*+2. The summed E-state index contributed by atoms with van der Waals surface area (Å²) in [6.45, 7) is 0. The van der Waals surface area contributed by atoms with Gasteiger partial charge in [-0.2, -0.15) is 0 Å². The zero-order valence-corrected chi connectivity index (χ0v) is 15.7. The fraction of sp³-hybridized carbons (Fsp3) is 0. The van der Waals surface area contributed by atoms with Crippen LogP contribution in [-0.2, 0) is 34.1 Å². The van der Waals surface area contributed by atoms with Gasteiger partial charge in [-0.15, -0.1) is 0 Å². The van der Waals surface area contributed by atoms with Gasteiger partial charge in [-0.05, 0) is 72.8 Å². The molecule has 2 N–H and O–H groups in total. The van der Waals surface area contributed by atoms with Crippen molar-refractivity contribution in [1.82, 2.24) is 19.9 Å². The van der Waals surface area contributed by atoms with Gasteiger partial charge < -0.3 is 9.97 Å². The Morgan fingerprint density at radius 2 is 0.808 bits per heavy atom. The minimum atomic E-state index is 0. The van der Waals surface area contributed by atoms with Crippen LogP contribution >= 0.6 is 0 Å². The van der Waals surface area contributed by atoms with Crippen molar-refractivity contribution < 1.29 is 34.1 Å². The van der Waals surface area contributed by atoms with Gasteiger partial charge in [0, 0.05) is 22.1 Å². The first-order chi connectivity index (χ1) is 11.8. The topological polar surface area (TPSA) is 57.4 Å². The van der Waals surface area contributed by atoms with E-state index in [-0.39, 0.29) is 34.1 Å². The molecule has 0 unspecified atom stereocenters. The second-order valence-electron chi connectivity index (χ2n) is 5.91. The third-order valence-electron chi connectivity index (χ3n) is 4.04. The number of hydrogen-bond acceptors (Lipinski definition) is 2. The van der Waals surface area contributed by atoms with E-state index in [0.717, 1.165) is 44.8 Å². The maximum atomic E-state index is 4.62. The van der Waals surface area contributed by atoms with Crippen molar-refractivity contribution in [2.24, 2.45) is 0 Å². The van der Waals surface area contributed by atoms with Crippen LogP contribution in [-0.4, -0.2) is 19.9 Å². The summed E-state index contributed by atoms with van der Waals surface area (Å²) in [4.78, 5) is 16.0. The monoisotopic (exact) mass is 422 g/mol. The summed E-state index contributed by atoms with van der Waals surface area (Å²) in [5.74, 6) is 0. The van der Waals surface area contributed by atoms with Crippen molar-refractivity contribution in [3.8, 4) is 0 Å². The van der Waals surface area contributed by atoms with E-state index < -0.39 is 0 Å². The van der Waals surface area contributed by atoms with Crippen molar-refractivity contribution >= 4 is 46.4 Å². The molecule has 8 bridgehead atoms. The first-order valence-electron chi connectivity index (χ1n) is 7.85. The van der Waals surface area contributed by atoms with Crippen molar-refractivity contribution in [1.29, 1.82) is 0 Å². The molecule has 0 fully saturated rings. The van der Waals surface area contributed by atoms with Crippen LogP contribution in [0.3, 0.4) is 0 Å². The SMILES string of the molecule is C1=Cc2cc3ccc(cc4ccc(cc5nc(cc1n2)C=C5)[nH]4)[nH]3.[Fe+2].[Fe+2]. The molecule has 6 heteroatoms. The van der Waals surface area contributed by atoms with Crippen LogP contribution in [0.1, 0.15) is 22.8 Å². The van der Waals surface area contributed by atoms with Gasteiger partial charge in [0.05, 0.1) is 22.8 Å². The number of nitrogens with one attached hydrogen (secondary N) is 2. The predicted octanol–water partition coefficient (Wildman–Crippen LogP) is 4.65. The molecule has 0 saturated heterocycles. The Labute approximate surface area is 171 Å². The Bertz CT molecular complexity index is 1080. The van der Waals surface area contributed by atoms with E-state index in [1.165, 1.54) is 0 Å². The molecule has 0 aromatic carbocycles. The van der Waals surface area contributed by atoms with Crippen LogP contribution in [0, 0.1) is 0 Å². The van der Waals surface area contributed by atoms with E-state index in [4.69, 9.17) is 0 Å². The van der Waals surface area contributed by atoms with Crippen LogP contribution in [0.2, 0.25) is 0 Å². The number of aromatic nitrogens is 4. The summed E-state index contributed by atoms with van der Waals surface area (Å²) < 4.78 is 0. The van der Waals surface area contributed by atoms with Gasteiger partial charge in [0.1, 0.15) is 0 Å². The normalized spacial score (nSPS) is 11.7. The predicted molar refractivity (Wildman–Crippen MR) is 98.9 cm³/mol. The summed E-state index contributed by atoms with van der Waals surface area (Å²) in [6, 6.07) is 16.4. The molecule has 4 nitrogen and oxygen atoms in total. The second kappa shape index (κ2) is 7.48. The van der Waals surface area contributed by atoms with Crippen LogP contribution in [0.4, 0.5) is 0 Å². The fourth-order valence-electron chi connectivity index (χ4n) is 2.94. The molecule has 0 spiro atoms. The van der Waals surface area contributed by atoms with Crippen LogP contribution < -0.4 is 0 Å². The van der Waals surface area contributed by atoms with E-state index in [1.807, 2.05) is 42.5 Å². The van der Waals surface area contributed by atoms with Crippen LogP contribution in [0.15, 0.2) is 48.5 Å². The molecule has 0 atom stereocenters. The van der Waals surface area contributed by atoms with Gasteiger partial charge in [-0.25, -0.2) is 9.97 Å². The summed E-state index contributed by atoms with van der Waals surface area (Å²) in [5.41, 5.74) is 7.86. The van der Waals surface area contributed by atoms with Crippen molar-refractivity contribution in [3.05, 3.63) is 71.3 Å². The van der Waals surface area contributed by atoms with E-state index >= 15 is 0 Å². The molecule has 0 saturated carbocycles. The second-order valence-corrected chi connectivity index (χ2v) is 5.91. The summed E-state index contributed by atoms with van der Waals surface area (Å²) in [7, 11) is 0. The molecule has 2 aliphatic heterocycles. The maximum absolute atomic E-state index is 4.62. The first-order valence-corrected chi connectivity index (χ1v) is 7.85. The van der Waals surface area contributed by atoms with E-state index in [2.05, 4.69) is 50.3 Å². The van der Waals surface area contributed by atoms with Crippen LogP contribution in [0.25, 0.3) is 46.4 Å². The first kappa shape index (κ1) is 18.4. The Morgan fingerprint density at radius 1 is 0.462 bits per heavy atom. The molecule has 0 aliphatic carbocycles. The smallest absolute Gasteiger partial charge is 0.355 e. The molecule has 5 heterocycles. The quantitative estimate of drug-likeness (QED) is 0.357. The molecule has 0 radical (unpaired) electrons. The summed E-state index contributed by atoms with van der Waals surface area (Å²) in [5, 5.41) is 0. The summed E-state index contributed by atoms with van der Waals surface area (Å²) in [6.07, 6.45) is 8.05. The number of aromatic amines is 2. The number of fused-ring (bicyclic) bond motifs is 8. The molecule has 3 aromatic heterocycles. The average Bonchev–Trinajstić information content (AvgIpc) is 3.32. The van der Waals surface area contributed by atoms with E-state index in [9.17, 15) is 0 Å². The van der Waals surface area contributed by atoms with Gasteiger partial charge in [0.25, 0.3) is 0 Å². The molecule has 26 heavy (non-hydrogen) atoms. The zero-order chi connectivity index (χ0) is 15.9. The number of nitrogens with zero attached hydrogens (tertiary/aromatic N) is 2. The van der Waals surface area contributed by atoms with Gasteiger partial charge in [-0.3, -0.25) is 0 Å². The minimum absolute atomic E-state index is 0. The van der Waals surface area contributed by atoms with Gasteiger partial charge in [0.15, 0.2) is 0 Å². The van der Waals surface area contributed by atoms with Gasteiger partial charge in [0.2, 0.25) is 0 Å². The Morgan fingerprint density at radius 3 is 1.23 bits per heavy atom. The number of H-pyrrole nitrogens is 2. The fourth-order valence-corrected chi connectivity index (χ4v) is 2.94. The number of hydrogen-bond donors (Lipinski definition) is 2. The Kier molecular flexibility index (Phi) is 5.30. The van der Waals surface area contributed by atoms with E-state index in [0.29, 0.717) is 0 Å². The molecule has 5 rings (SSSR count). The average molecular weight is 422 g/mol. The molecule has 0 amide bonds. The van der Waals surface area contributed by atoms with Gasteiger partial charge in [-0.1, -0.05) is 0 Å². The van der Waals surface area contributed by atoms with Crippen LogP contribution in [0.5, 0.6) is 0 Å². The third-order valence-corrected chi connectivity index (χ3v) is 4.04. The Balaban J connectivity index is 0.000000980. The maximum Gasteiger partial charge on any atom is 2.00 e. The molecule has 2 aliphatic rings. The zero-order valence-electron chi connectivity index (χ0n) is 13.5. The molecular formula is C20H14Fe2N4+4. The molecule has 3 aromatic rings. The van der Waals surface area contributed by atoms with Gasteiger partial charge >= 0.3 is 34.1 Å². The molecular weight excluding hydrogens is 408 g/mol.